The highest BCUT2D eigenvalue weighted by molar-refractivity contribution is 5.95. The Bertz CT molecular complexity index is 701. The van der Waals surface area contributed by atoms with Crippen molar-refractivity contribution >= 4 is 17.5 Å². The lowest BCUT2D eigenvalue weighted by Gasteiger charge is -2.16. The Morgan fingerprint density at radius 1 is 1.25 bits per heavy atom. The molecule has 0 saturated carbocycles. The van der Waals surface area contributed by atoms with E-state index in [2.05, 4.69) is 10.3 Å². The zero-order valence-corrected chi connectivity index (χ0v) is 13.3. The number of ether oxygens (including phenoxy) is 1. The van der Waals surface area contributed by atoms with Crippen LogP contribution in [0.2, 0.25) is 0 Å². The van der Waals surface area contributed by atoms with E-state index in [0.29, 0.717) is 18.7 Å². The Kier molecular flexibility index (Phi) is 5.05. The van der Waals surface area contributed by atoms with Crippen molar-refractivity contribution in [2.75, 3.05) is 18.1 Å². The first-order valence-corrected chi connectivity index (χ1v) is 7.91. The van der Waals surface area contributed by atoms with E-state index in [1.165, 1.54) is 0 Å². The molecule has 1 aromatic carbocycles. The van der Waals surface area contributed by atoms with E-state index < -0.39 is 0 Å². The molecule has 1 saturated heterocycles. The number of carbonyl (C=O) groups excluding carboxylic acids is 2. The van der Waals surface area contributed by atoms with Gasteiger partial charge in [0, 0.05) is 37.6 Å². The number of aromatic nitrogens is 1. The number of amides is 2. The summed E-state index contributed by atoms with van der Waals surface area (Å²) in [5.74, 6) is 0.554. The molecule has 2 heterocycles. The van der Waals surface area contributed by atoms with Crippen LogP contribution in [-0.2, 0) is 16.1 Å². The van der Waals surface area contributed by atoms with E-state index in [9.17, 15) is 9.59 Å². The molecule has 3 rings (SSSR count). The summed E-state index contributed by atoms with van der Waals surface area (Å²) in [6.07, 6.45) is 4.90. The quantitative estimate of drug-likeness (QED) is 0.880. The molecule has 1 aromatic heterocycles. The van der Waals surface area contributed by atoms with Crippen LogP contribution in [0.25, 0.3) is 0 Å². The highest BCUT2D eigenvalue weighted by Crippen LogP contribution is 2.23. The van der Waals surface area contributed by atoms with Crippen LogP contribution in [0.1, 0.15) is 18.4 Å². The molecular weight excluding hydrogens is 306 g/mol. The van der Waals surface area contributed by atoms with Gasteiger partial charge in [-0.1, -0.05) is 6.07 Å². The lowest BCUT2D eigenvalue weighted by molar-refractivity contribution is -0.123. The number of hydrogen-bond acceptors (Lipinski definition) is 4. The van der Waals surface area contributed by atoms with Gasteiger partial charge in [-0.3, -0.25) is 14.6 Å². The van der Waals surface area contributed by atoms with Crippen LogP contribution < -0.4 is 15.0 Å². The molecule has 6 heteroatoms. The van der Waals surface area contributed by atoms with Crippen molar-refractivity contribution in [2.24, 2.45) is 0 Å². The van der Waals surface area contributed by atoms with Crippen LogP contribution in [0.5, 0.6) is 5.75 Å². The van der Waals surface area contributed by atoms with Crippen LogP contribution in [0.15, 0.2) is 48.8 Å². The Labute approximate surface area is 140 Å². The van der Waals surface area contributed by atoms with Gasteiger partial charge in [-0.15, -0.1) is 0 Å². The van der Waals surface area contributed by atoms with Crippen molar-refractivity contribution in [3.8, 4) is 5.75 Å². The second-order valence-corrected chi connectivity index (χ2v) is 5.57. The summed E-state index contributed by atoms with van der Waals surface area (Å²) in [4.78, 5) is 29.3. The van der Waals surface area contributed by atoms with Gasteiger partial charge in [-0.05, 0) is 42.3 Å². The molecular formula is C18H19N3O3. The number of anilines is 1. The first kappa shape index (κ1) is 16.0. The predicted octanol–water partition coefficient (Wildman–Crippen LogP) is 1.90. The molecule has 0 spiro atoms. The minimum absolute atomic E-state index is 0.0533. The van der Waals surface area contributed by atoms with Crippen molar-refractivity contribution in [3.05, 3.63) is 54.4 Å². The van der Waals surface area contributed by atoms with Gasteiger partial charge in [-0.2, -0.15) is 0 Å². The van der Waals surface area contributed by atoms with E-state index in [-0.39, 0.29) is 18.4 Å². The van der Waals surface area contributed by atoms with E-state index in [4.69, 9.17) is 4.74 Å². The van der Waals surface area contributed by atoms with E-state index in [1.54, 1.807) is 29.4 Å². The Morgan fingerprint density at radius 3 is 2.75 bits per heavy atom. The van der Waals surface area contributed by atoms with Gasteiger partial charge < -0.3 is 15.0 Å². The van der Waals surface area contributed by atoms with Crippen molar-refractivity contribution < 1.29 is 14.3 Å². The van der Waals surface area contributed by atoms with Crippen LogP contribution in [-0.4, -0.2) is 29.9 Å². The third-order valence-corrected chi connectivity index (χ3v) is 3.80. The molecule has 1 N–H and O–H groups in total. The average Bonchev–Trinajstić information content (AvgIpc) is 3.05. The number of hydrogen-bond donors (Lipinski definition) is 1. The maximum Gasteiger partial charge on any atom is 0.258 e. The molecule has 0 radical (unpaired) electrons. The highest BCUT2D eigenvalue weighted by Gasteiger charge is 2.21. The molecule has 0 atom stereocenters. The number of nitrogens with zero attached hydrogens (tertiary/aromatic N) is 2. The number of pyridine rings is 1. The third-order valence-electron chi connectivity index (χ3n) is 3.80. The molecule has 1 aliphatic heterocycles. The fourth-order valence-corrected chi connectivity index (χ4v) is 2.55. The number of rotatable bonds is 6. The number of benzene rings is 1. The zero-order valence-electron chi connectivity index (χ0n) is 13.3. The molecule has 6 nitrogen and oxygen atoms in total. The highest BCUT2D eigenvalue weighted by atomic mass is 16.5. The Balaban J connectivity index is 1.46. The van der Waals surface area contributed by atoms with Gasteiger partial charge in [0.15, 0.2) is 6.61 Å². The van der Waals surface area contributed by atoms with Crippen LogP contribution in [0.4, 0.5) is 5.69 Å². The molecule has 2 aromatic rings. The zero-order chi connectivity index (χ0) is 16.8. The summed E-state index contributed by atoms with van der Waals surface area (Å²) >= 11 is 0. The normalized spacial score (nSPS) is 13.8. The minimum atomic E-state index is -0.197. The second-order valence-electron chi connectivity index (χ2n) is 5.57. The van der Waals surface area contributed by atoms with Gasteiger partial charge in [0.25, 0.3) is 5.91 Å². The summed E-state index contributed by atoms with van der Waals surface area (Å²) in [6, 6.07) is 10.9. The fourth-order valence-electron chi connectivity index (χ4n) is 2.55. The topological polar surface area (TPSA) is 71.5 Å². The molecule has 124 valence electrons. The van der Waals surface area contributed by atoms with Gasteiger partial charge in [0.2, 0.25) is 5.91 Å². The van der Waals surface area contributed by atoms with Crippen LogP contribution in [0, 0.1) is 0 Å². The molecule has 0 bridgehead atoms. The van der Waals surface area contributed by atoms with Gasteiger partial charge in [0.05, 0.1) is 0 Å². The summed E-state index contributed by atoms with van der Waals surface area (Å²) in [5.41, 5.74) is 1.80. The molecule has 0 aliphatic carbocycles. The first-order valence-electron chi connectivity index (χ1n) is 7.91. The van der Waals surface area contributed by atoms with Gasteiger partial charge >= 0.3 is 0 Å². The van der Waals surface area contributed by atoms with Crippen molar-refractivity contribution in [1.82, 2.24) is 10.3 Å². The second kappa shape index (κ2) is 7.59. The standard InChI is InChI=1S/C18H19N3O3/c22-17(20-12-14-3-1-9-19-11-14)13-24-16-7-5-15(6-8-16)21-10-2-4-18(21)23/h1,3,5-9,11H,2,4,10,12-13H2,(H,20,22). The summed E-state index contributed by atoms with van der Waals surface area (Å²) in [6.45, 7) is 1.13. The minimum Gasteiger partial charge on any atom is -0.484 e. The first-order chi connectivity index (χ1) is 11.7. The fraction of sp³-hybridized carbons (Fsp3) is 0.278. The van der Waals surface area contributed by atoms with E-state index in [0.717, 1.165) is 24.2 Å². The van der Waals surface area contributed by atoms with Crippen LogP contribution in [0.3, 0.4) is 0 Å². The van der Waals surface area contributed by atoms with Crippen LogP contribution >= 0.6 is 0 Å². The van der Waals surface area contributed by atoms with Crippen molar-refractivity contribution in [2.45, 2.75) is 19.4 Å². The predicted molar refractivity (Wildman–Crippen MR) is 89.6 cm³/mol. The summed E-state index contributed by atoms with van der Waals surface area (Å²) < 4.78 is 5.47. The molecule has 24 heavy (non-hydrogen) atoms. The Hall–Kier alpha value is -2.89. The van der Waals surface area contributed by atoms with E-state index in [1.807, 2.05) is 24.3 Å². The third kappa shape index (κ3) is 4.10. The molecule has 0 unspecified atom stereocenters. The maximum absolute atomic E-state index is 11.8. The molecule has 1 fully saturated rings. The smallest absolute Gasteiger partial charge is 0.258 e. The maximum atomic E-state index is 11.8. The molecule has 2 amide bonds. The van der Waals surface area contributed by atoms with Crippen molar-refractivity contribution in [1.29, 1.82) is 0 Å². The molecule has 1 aliphatic rings. The summed E-state index contributed by atoms with van der Waals surface area (Å²) in [5, 5.41) is 2.77. The lowest BCUT2D eigenvalue weighted by atomic mass is 10.3. The average molecular weight is 325 g/mol. The van der Waals surface area contributed by atoms with Gasteiger partial charge in [-0.25, -0.2) is 0 Å². The van der Waals surface area contributed by atoms with E-state index >= 15 is 0 Å². The Morgan fingerprint density at radius 2 is 2.08 bits per heavy atom. The monoisotopic (exact) mass is 325 g/mol. The largest absolute Gasteiger partial charge is 0.484 e. The van der Waals surface area contributed by atoms with Crippen molar-refractivity contribution in [3.63, 3.8) is 0 Å². The SMILES string of the molecule is O=C(COc1ccc(N2CCCC2=O)cc1)NCc1cccnc1. The van der Waals surface area contributed by atoms with Gasteiger partial charge in [0.1, 0.15) is 5.75 Å². The lowest BCUT2D eigenvalue weighted by Crippen LogP contribution is -2.28. The number of nitrogens with one attached hydrogen (secondary N) is 1. The number of carbonyl (C=O) groups is 2. The summed E-state index contributed by atoms with van der Waals surface area (Å²) in [7, 11) is 0.